The van der Waals surface area contributed by atoms with Crippen molar-refractivity contribution in [3.63, 3.8) is 0 Å². The van der Waals surface area contributed by atoms with Crippen LogP contribution in [0.2, 0.25) is 0 Å². The van der Waals surface area contributed by atoms with Crippen molar-refractivity contribution in [3.8, 4) is 0 Å². The molecule has 120 valence electrons. The number of hydrogen-bond donors (Lipinski definition) is 2. The summed E-state index contributed by atoms with van der Waals surface area (Å²) in [5.41, 5.74) is 1.84. The Kier molecular flexibility index (Phi) is 4.81. The van der Waals surface area contributed by atoms with Gasteiger partial charge in [-0.15, -0.1) is 0 Å². The molecule has 0 radical (unpaired) electrons. The monoisotopic (exact) mass is 319 g/mol. The van der Waals surface area contributed by atoms with Gasteiger partial charge in [-0.2, -0.15) is 0 Å². The zero-order valence-corrected chi connectivity index (χ0v) is 13.0. The van der Waals surface area contributed by atoms with Crippen molar-refractivity contribution in [2.24, 2.45) is 0 Å². The SMILES string of the molecule is O=C(NCCc1ccccc1)c1ccccc1C(=O)c1ncc[nH]1. The zero-order valence-electron chi connectivity index (χ0n) is 13.0. The summed E-state index contributed by atoms with van der Waals surface area (Å²) in [5.74, 6) is -0.338. The van der Waals surface area contributed by atoms with Crippen LogP contribution in [0.4, 0.5) is 0 Å². The standard InChI is InChI=1S/C19H17N3O2/c23-17(18-20-12-13-21-18)15-8-4-5-9-16(15)19(24)22-11-10-14-6-2-1-3-7-14/h1-9,12-13H,10-11H2,(H,20,21)(H,22,24). The van der Waals surface area contributed by atoms with Gasteiger partial charge in [0, 0.05) is 24.5 Å². The Morgan fingerprint density at radius 2 is 1.67 bits per heavy atom. The van der Waals surface area contributed by atoms with Crippen molar-refractivity contribution in [3.05, 3.63) is 89.5 Å². The summed E-state index contributed by atoms with van der Waals surface area (Å²) in [4.78, 5) is 31.6. The Balaban J connectivity index is 1.70. The summed E-state index contributed by atoms with van der Waals surface area (Å²) in [5, 5.41) is 2.87. The Bertz CT molecular complexity index is 827. The van der Waals surface area contributed by atoms with E-state index < -0.39 is 0 Å². The van der Waals surface area contributed by atoms with Crippen LogP contribution in [0, 0.1) is 0 Å². The Morgan fingerprint density at radius 1 is 0.958 bits per heavy atom. The first kappa shape index (κ1) is 15.7. The summed E-state index contributed by atoms with van der Waals surface area (Å²) >= 11 is 0. The number of hydrogen-bond acceptors (Lipinski definition) is 3. The van der Waals surface area contributed by atoms with E-state index in [0.717, 1.165) is 12.0 Å². The molecule has 0 fully saturated rings. The van der Waals surface area contributed by atoms with E-state index in [9.17, 15) is 9.59 Å². The number of nitrogens with zero attached hydrogens (tertiary/aromatic N) is 1. The van der Waals surface area contributed by atoms with E-state index in [-0.39, 0.29) is 17.5 Å². The molecule has 0 aliphatic rings. The first-order valence-corrected chi connectivity index (χ1v) is 7.71. The lowest BCUT2D eigenvalue weighted by atomic mass is 10.0. The maximum atomic E-state index is 12.5. The molecule has 24 heavy (non-hydrogen) atoms. The summed E-state index contributed by atoms with van der Waals surface area (Å²) in [6.45, 7) is 0.506. The number of aromatic nitrogens is 2. The minimum atomic E-state index is -0.297. The van der Waals surface area contributed by atoms with Gasteiger partial charge < -0.3 is 10.3 Å². The lowest BCUT2D eigenvalue weighted by molar-refractivity contribution is 0.0941. The molecule has 3 rings (SSSR count). The van der Waals surface area contributed by atoms with Crippen LogP contribution >= 0.6 is 0 Å². The molecule has 0 spiro atoms. The maximum absolute atomic E-state index is 12.5. The third-order valence-electron chi connectivity index (χ3n) is 3.67. The fraction of sp³-hybridized carbons (Fsp3) is 0.105. The highest BCUT2D eigenvalue weighted by Gasteiger charge is 2.19. The molecule has 5 nitrogen and oxygen atoms in total. The highest BCUT2D eigenvalue weighted by molar-refractivity contribution is 6.13. The van der Waals surface area contributed by atoms with Crippen LogP contribution in [0.1, 0.15) is 32.1 Å². The smallest absolute Gasteiger partial charge is 0.252 e. The number of nitrogens with one attached hydrogen (secondary N) is 2. The molecule has 1 aromatic heterocycles. The van der Waals surface area contributed by atoms with Gasteiger partial charge in [-0.25, -0.2) is 4.98 Å². The second-order valence-electron chi connectivity index (χ2n) is 5.30. The van der Waals surface area contributed by atoms with E-state index in [1.54, 1.807) is 30.5 Å². The van der Waals surface area contributed by atoms with Crippen LogP contribution in [0.15, 0.2) is 67.0 Å². The van der Waals surface area contributed by atoms with Crippen LogP contribution in [-0.2, 0) is 6.42 Å². The Hall–Kier alpha value is -3.21. The van der Waals surface area contributed by atoms with Crippen LogP contribution in [0.25, 0.3) is 0 Å². The van der Waals surface area contributed by atoms with Gasteiger partial charge in [0.1, 0.15) is 0 Å². The van der Waals surface area contributed by atoms with E-state index in [2.05, 4.69) is 15.3 Å². The van der Waals surface area contributed by atoms with Crippen LogP contribution < -0.4 is 5.32 Å². The number of aromatic amines is 1. The summed E-state index contributed by atoms with van der Waals surface area (Å²) < 4.78 is 0. The number of rotatable bonds is 6. The minimum Gasteiger partial charge on any atom is -0.352 e. The average molecular weight is 319 g/mol. The fourth-order valence-corrected chi connectivity index (χ4v) is 2.46. The fourth-order valence-electron chi connectivity index (χ4n) is 2.46. The minimum absolute atomic E-state index is 0.222. The molecular weight excluding hydrogens is 302 g/mol. The molecule has 0 saturated heterocycles. The number of amides is 1. The number of carbonyl (C=O) groups excluding carboxylic acids is 2. The van der Waals surface area contributed by atoms with Gasteiger partial charge in [0.05, 0.1) is 5.56 Å². The molecule has 1 amide bonds. The predicted octanol–water partition coefficient (Wildman–Crippen LogP) is 2.61. The molecular formula is C19H17N3O2. The third-order valence-corrected chi connectivity index (χ3v) is 3.67. The van der Waals surface area contributed by atoms with Gasteiger partial charge in [-0.3, -0.25) is 9.59 Å². The van der Waals surface area contributed by atoms with E-state index >= 15 is 0 Å². The molecule has 2 aromatic carbocycles. The maximum Gasteiger partial charge on any atom is 0.252 e. The van der Waals surface area contributed by atoms with Gasteiger partial charge in [0.2, 0.25) is 5.78 Å². The predicted molar refractivity (Wildman–Crippen MR) is 90.9 cm³/mol. The topological polar surface area (TPSA) is 74.8 Å². The average Bonchev–Trinajstić information content (AvgIpc) is 3.16. The second-order valence-corrected chi connectivity index (χ2v) is 5.30. The van der Waals surface area contributed by atoms with E-state index in [0.29, 0.717) is 17.7 Å². The first-order chi connectivity index (χ1) is 11.8. The molecule has 0 aliphatic carbocycles. The molecule has 3 aromatic rings. The van der Waals surface area contributed by atoms with Gasteiger partial charge in [0.25, 0.3) is 5.91 Å². The molecule has 0 atom stereocenters. The quantitative estimate of drug-likeness (QED) is 0.686. The van der Waals surface area contributed by atoms with E-state index in [4.69, 9.17) is 0 Å². The van der Waals surface area contributed by atoms with Crippen molar-refractivity contribution >= 4 is 11.7 Å². The lowest BCUT2D eigenvalue weighted by Crippen LogP contribution is -2.27. The molecule has 0 saturated carbocycles. The summed E-state index contributed by atoms with van der Waals surface area (Å²) in [6.07, 6.45) is 3.83. The number of H-pyrrole nitrogens is 1. The van der Waals surface area contributed by atoms with Gasteiger partial charge in [-0.1, -0.05) is 48.5 Å². The highest BCUT2D eigenvalue weighted by atomic mass is 16.2. The second kappa shape index (κ2) is 7.37. The van der Waals surface area contributed by atoms with Crippen molar-refractivity contribution in [1.29, 1.82) is 0 Å². The van der Waals surface area contributed by atoms with Gasteiger partial charge in [0.15, 0.2) is 5.82 Å². The number of imidazole rings is 1. The molecule has 0 aliphatic heterocycles. The zero-order chi connectivity index (χ0) is 16.8. The molecule has 0 unspecified atom stereocenters. The van der Waals surface area contributed by atoms with Crippen molar-refractivity contribution in [2.45, 2.75) is 6.42 Å². The van der Waals surface area contributed by atoms with Crippen LogP contribution in [-0.4, -0.2) is 28.2 Å². The van der Waals surface area contributed by atoms with Gasteiger partial charge in [-0.05, 0) is 18.1 Å². The third kappa shape index (κ3) is 3.57. The lowest BCUT2D eigenvalue weighted by Gasteiger charge is -2.09. The summed E-state index contributed by atoms with van der Waals surface area (Å²) in [6, 6.07) is 16.7. The van der Waals surface area contributed by atoms with Crippen molar-refractivity contribution in [1.82, 2.24) is 15.3 Å². The number of carbonyl (C=O) groups is 2. The van der Waals surface area contributed by atoms with Crippen molar-refractivity contribution in [2.75, 3.05) is 6.54 Å². The van der Waals surface area contributed by atoms with E-state index in [1.807, 2.05) is 30.3 Å². The highest BCUT2D eigenvalue weighted by Crippen LogP contribution is 2.12. The van der Waals surface area contributed by atoms with Gasteiger partial charge >= 0.3 is 0 Å². The normalized spacial score (nSPS) is 10.3. The number of ketones is 1. The number of benzene rings is 2. The van der Waals surface area contributed by atoms with Crippen LogP contribution in [0.5, 0.6) is 0 Å². The molecule has 1 heterocycles. The van der Waals surface area contributed by atoms with E-state index in [1.165, 1.54) is 6.20 Å². The summed E-state index contributed by atoms with van der Waals surface area (Å²) in [7, 11) is 0. The molecule has 2 N–H and O–H groups in total. The Labute approximate surface area is 139 Å². The largest absolute Gasteiger partial charge is 0.352 e. The molecule has 5 heteroatoms. The van der Waals surface area contributed by atoms with Crippen LogP contribution in [0.3, 0.4) is 0 Å². The molecule has 0 bridgehead atoms. The van der Waals surface area contributed by atoms with Crippen molar-refractivity contribution < 1.29 is 9.59 Å². The Morgan fingerprint density at radius 3 is 2.38 bits per heavy atom. The first-order valence-electron chi connectivity index (χ1n) is 7.71.